The summed E-state index contributed by atoms with van der Waals surface area (Å²) in [6, 6.07) is 6.67. The number of amides is 4. The van der Waals surface area contributed by atoms with Gasteiger partial charge in [0.2, 0.25) is 23.6 Å². The number of nitrogens with zero attached hydrogens (tertiary/aromatic N) is 3. The summed E-state index contributed by atoms with van der Waals surface area (Å²) in [7, 11) is 8.07. The first kappa shape index (κ1) is 44.8. The molecule has 0 unspecified atom stereocenters. The van der Waals surface area contributed by atoms with E-state index in [0.717, 1.165) is 44.2 Å². The van der Waals surface area contributed by atoms with Gasteiger partial charge in [0.25, 0.3) is 0 Å². The normalized spacial score (nSPS) is 21.6. The number of carbonyl (C=O) groups excluding carboxylic acids is 5. The summed E-state index contributed by atoms with van der Waals surface area (Å²) < 4.78 is 17.0. The summed E-state index contributed by atoms with van der Waals surface area (Å²) in [5.41, 5.74) is 0.879. The number of ether oxygens (including phenoxy) is 3. The molecule has 0 aliphatic carbocycles. The van der Waals surface area contributed by atoms with Crippen molar-refractivity contribution >= 4 is 29.6 Å². The van der Waals surface area contributed by atoms with Gasteiger partial charge in [-0.1, -0.05) is 77.8 Å². The molecule has 9 atom stereocenters. The summed E-state index contributed by atoms with van der Waals surface area (Å²) in [5.74, 6) is -2.29. The van der Waals surface area contributed by atoms with Gasteiger partial charge in [-0.25, -0.2) is 4.79 Å². The quantitative estimate of drug-likeness (QED) is 0.203. The van der Waals surface area contributed by atoms with Crippen LogP contribution in [0, 0.1) is 17.8 Å². The maximum atomic E-state index is 14.2. The molecule has 1 aromatic carbocycles. The van der Waals surface area contributed by atoms with Crippen molar-refractivity contribution in [3.63, 3.8) is 0 Å². The zero-order valence-electron chi connectivity index (χ0n) is 34.3. The molecule has 0 saturated carbocycles. The van der Waals surface area contributed by atoms with Crippen LogP contribution in [-0.2, 0) is 44.6 Å². The summed E-state index contributed by atoms with van der Waals surface area (Å²) in [4.78, 5) is 73.7. The van der Waals surface area contributed by atoms with Crippen molar-refractivity contribution in [3.8, 4) is 0 Å². The molecule has 304 valence electrons. The minimum absolute atomic E-state index is 0.0176. The van der Waals surface area contributed by atoms with Crippen molar-refractivity contribution in [2.75, 3.05) is 48.5 Å². The van der Waals surface area contributed by atoms with E-state index in [1.54, 1.807) is 30.9 Å². The lowest BCUT2D eigenvalue weighted by Gasteiger charge is -2.41. The number of likely N-dealkylation sites (N-methyl/N-ethyl adjacent to an activating group) is 2. The van der Waals surface area contributed by atoms with Crippen LogP contribution in [0.4, 0.5) is 0 Å². The monoisotopic (exact) mass is 757 g/mol. The van der Waals surface area contributed by atoms with Crippen LogP contribution in [0.25, 0.3) is 0 Å². The molecule has 2 aliphatic rings. The standard InChI is InChI=1S/C41H67N5O8/c1-11-27(4)36(45(7)40(50)35(26(2)3)43-39(49)32-20-15-16-22-44(32)6)33(52-8)25-34(47)46-23-17-21-31(46)37(53-9)28(5)38(48)42-30(41(51)54-10)24-29-18-13-12-14-19-29/h12-14,18-19,26-28,30-33,35-37H,11,15-17,20-25H2,1-10H3,(H,42,48)(H,43,49)/t27-,28+,30-,31-,32-,33+,35-,36-,37+/m0/s1. The highest BCUT2D eigenvalue weighted by Crippen LogP contribution is 2.30. The van der Waals surface area contributed by atoms with E-state index in [1.807, 2.05) is 65.1 Å². The van der Waals surface area contributed by atoms with E-state index in [1.165, 1.54) is 14.2 Å². The molecule has 13 nitrogen and oxygen atoms in total. The number of likely N-dealkylation sites (tertiary alicyclic amines) is 2. The van der Waals surface area contributed by atoms with E-state index in [0.29, 0.717) is 13.0 Å². The Bertz CT molecular complexity index is 1380. The second-order valence-electron chi connectivity index (χ2n) is 15.6. The van der Waals surface area contributed by atoms with Crippen molar-refractivity contribution in [1.82, 2.24) is 25.3 Å². The van der Waals surface area contributed by atoms with Gasteiger partial charge in [0.1, 0.15) is 12.1 Å². The number of esters is 1. The van der Waals surface area contributed by atoms with Gasteiger partial charge in [-0.3, -0.25) is 24.1 Å². The number of methoxy groups -OCH3 is 3. The lowest BCUT2D eigenvalue weighted by atomic mass is 9.89. The first-order valence-corrected chi connectivity index (χ1v) is 19.7. The Morgan fingerprint density at radius 1 is 0.907 bits per heavy atom. The highest BCUT2D eigenvalue weighted by molar-refractivity contribution is 5.90. The van der Waals surface area contributed by atoms with Gasteiger partial charge in [-0.2, -0.15) is 0 Å². The maximum Gasteiger partial charge on any atom is 0.328 e. The summed E-state index contributed by atoms with van der Waals surface area (Å²) >= 11 is 0. The van der Waals surface area contributed by atoms with Crippen molar-refractivity contribution in [2.24, 2.45) is 17.8 Å². The van der Waals surface area contributed by atoms with Gasteiger partial charge in [0, 0.05) is 34.2 Å². The second kappa shape index (κ2) is 21.5. The van der Waals surface area contributed by atoms with Crippen LogP contribution in [0.5, 0.6) is 0 Å². The Hall–Kier alpha value is -3.55. The lowest BCUT2D eigenvalue weighted by Crippen LogP contribution is -2.59. The number of benzene rings is 1. The second-order valence-corrected chi connectivity index (χ2v) is 15.6. The topological polar surface area (TPSA) is 147 Å². The third-order valence-corrected chi connectivity index (χ3v) is 11.6. The van der Waals surface area contributed by atoms with E-state index in [4.69, 9.17) is 14.2 Å². The Kier molecular flexibility index (Phi) is 17.9. The first-order valence-electron chi connectivity index (χ1n) is 19.7. The predicted octanol–water partition coefficient (Wildman–Crippen LogP) is 3.43. The fourth-order valence-electron chi connectivity index (χ4n) is 8.18. The van der Waals surface area contributed by atoms with E-state index < -0.39 is 42.2 Å². The minimum atomic E-state index is -0.886. The molecule has 2 fully saturated rings. The SMILES string of the molecule is CC[C@H](C)[C@@H]([C@@H](CC(=O)N1CCC[C@H]1[C@H](OC)[C@@H](C)C(=O)N[C@@H](Cc1ccccc1)C(=O)OC)OC)N(C)C(=O)[C@@H](NC(=O)[C@@H]1CCCCN1C)C(C)C. The molecule has 54 heavy (non-hydrogen) atoms. The van der Waals surface area contributed by atoms with E-state index >= 15 is 0 Å². The summed E-state index contributed by atoms with van der Waals surface area (Å²) in [6.45, 7) is 11.0. The van der Waals surface area contributed by atoms with Crippen LogP contribution in [0.15, 0.2) is 30.3 Å². The lowest BCUT2D eigenvalue weighted by molar-refractivity contribution is -0.149. The predicted molar refractivity (Wildman–Crippen MR) is 207 cm³/mol. The van der Waals surface area contributed by atoms with E-state index in [-0.39, 0.29) is 60.4 Å². The van der Waals surface area contributed by atoms with Crippen LogP contribution in [0.1, 0.15) is 85.1 Å². The molecule has 2 N–H and O–H groups in total. The molecule has 0 radical (unpaired) electrons. The number of hydrogen-bond donors (Lipinski definition) is 2. The number of hydrogen-bond acceptors (Lipinski definition) is 9. The Balaban J connectivity index is 1.76. The number of nitrogens with one attached hydrogen (secondary N) is 2. The molecular weight excluding hydrogens is 690 g/mol. The summed E-state index contributed by atoms with van der Waals surface area (Å²) in [6.07, 6.45) is 3.92. The third-order valence-electron chi connectivity index (χ3n) is 11.6. The number of rotatable bonds is 19. The molecular formula is C41H67N5O8. The first-order chi connectivity index (χ1) is 25.7. The average molecular weight is 758 g/mol. The fourth-order valence-corrected chi connectivity index (χ4v) is 8.18. The molecule has 3 rings (SSSR count). The molecule has 2 saturated heterocycles. The van der Waals surface area contributed by atoms with Crippen molar-refractivity contribution in [2.45, 2.75) is 128 Å². The van der Waals surface area contributed by atoms with Gasteiger partial charge in [0.05, 0.1) is 49.8 Å². The van der Waals surface area contributed by atoms with Crippen LogP contribution in [0.2, 0.25) is 0 Å². The number of piperidine rings is 1. The van der Waals surface area contributed by atoms with Gasteiger partial charge in [-0.15, -0.1) is 0 Å². The zero-order chi connectivity index (χ0) is 40.1. The van der Waals surface area contributed by atoms with Crippen molar-refractivity contribution in [3.05, 3.63) is 35.9 Å². The van der Waals surface area contributed by atoms with Crippen LogP contribution in [-0.4, -0.2) is 135 Å². The van der Waals surface area contributed by atoms with Crippen LogP contribution >= 0.6 is 0 Å². The minimum Gasteiger partial charge on any atom is -0.467 e. The van der Waals surface area contributed by atoms with Crippen LogP contribution in [0.3, 0.4) is 0 Å². The molecule has 2 aliphatic heterocycles. The molecule has 0 bridgehead atoms. The zero-order valence-corrected chi connectivity index (χ0v) is 34.3. The Morgan fingerprint density at radius 3 is 2.17 bits per heavy atom. The van der Waals surface area contributed by atoms with Gasteiger partial charge >= 0.3 is 5.97 Å². The fraction of sp³-hybridized carbons (Fsp3) is 0.732. The smallest absolute Gasteiger partial charge is 0.328 e. The van der Waals surface area contributed by atoms with Gasteiger partial charge in [-0.05, 0) is 56.7 Å². The van der Waals surface area contributed by atoms with Crippen molar-refractivity contribution in [1.29, 1.82) is 0 Å². The van der Waals surface area contributed by atoms with E-state index in [2.05, 4.69) is 15.5 Å². The Morgan fingerprint density at radius 2 is 1.59 bits per heavy atom. The van der Waals surface area contributed by atoms with Crippen LogP contribution < -0.4 is 10.6 Å². The van der Waals surface area contributed by atoms with E-state index in [9.17, 15) is 24.0 Å². The average Bonchev–Trinajstić information content (AvgIpc) is 3.65. The molecule has 0 spiro atoms. The van der Waals surface area contributed by atoms with Gasteiger partial charge in [0.15, 0.2) is 0 Å². The molecule has 0 aromatic heterocycles. The third kappa shape index (κ3) is 11.5. The molecule has 13 heteroatoms. The van der Waals surface area contributed by atoms with Gasteiger partial charge < -0.3 is 34.6 Å². The maximum absolute atomic E-state index is 14.2. The summed E-state index contributed by atoms with van der Waals surface area (Å²) in [5, 5.41) is 5.93. The largest absolute Gasteiger partial charge is 0.467 e. The highest BCUT2D eigenvalue weighted by atomic mass is 16.5. The highest BCUT2D eigenvalue weighted by Gasteiger charge is 2.43. The molecule has 1 aromatic rings. The van der Waals surface area contributed by atoms with Crippen molar-refractivity contribution < 1.29 is 38.2 Å². The Labute approximate surface area is 323 Å². The molecule has 4 amide bonds. The number of carbonyl (C=O) groups is 5. The molecule has 2 heterocycles.